The molecule has 0 aromatic carbocycles. The highest BCUT2D eigenvalue weighted by Crippen LogP contribution is 2.16. The van der Waals surface area contributed by atoms with E-state index in [1.807, 2.05) is 18.3 Å². The number of hydrogen-bond donors (Lipinski definition) is 1. The first kappa shape index (κ1) is 11.8. The minimum absolute atomic E-state index is 0.582. The number of pyridine rings is 1. The molecule has 1 unspecified atom stereocenters. The van der Waals surface area contributed by atoms with Crippen molar-refractivity contribution in [2.75, 3.05) is 23.7 Å². The van der Waals surface area contributed by atoms with Gasteiger partial charge < -0.3 is 10.6 Å². The number of hydrogen-bond acceptors (Lipinski definition) is 3. The Morgan fingerprint density at radius 2 is 2.13 bits per heavy atom. The third-order valence-electron chi connectivity index (χ3n) is 2.75. The van der Waals surface area contributed by atoms with Gasteiger partial charge in [0.15, 0.2) is 0 Å². The average Bonchev–Trinajstić information content (AvgIpc) is 2.27. The number of rotatable bonds is 5. The van der Waals surface area contributed by atoms with E-state index in [1.165, 1.54) is 6.42 Å². The van der Waals surface area contributed by atoms with Gasteiger partial charge in [-0.25, -0.2) is 4.98 Å². The average molecular weight is 207 g/mol. The summed E-state index contributed by atoms with van der Waals surface area (Å²) in [6.45, 7) is 8.75. The molecule has 0 fully saturated rings. The summed E-state index contributed by atoms with van der Waals surface area (Å²) in [4.78, 5) is 6.45. The molecule has 2 N–H and O–H groups in total. The van der Waals surface area contributed by atoms with Crippen LogP contribution >= 0.6 is 0 Å². The van der Waals surface area contributed by atoms with E-state index >= 15 is 0 Å². The lowest BCUT2D eigenvalue weighted by Gasteiger charge is -2.25. The molecule has 1 aromatic rings. The van der Waals surface area contributed by atoms with Gasteiger partial charge in [-0.05, 0) is 25.0 Å². The van der Waals surface area contributed by atoms with Crippen LogP contribution in [0.2, 0.25) is 0 Å². The Morgan fingerprint density at radius 3 is 2.60 bits per heavy atom. The fraction of sp³-hybridized carbons (Fsp3) is 0.583. The largest absolute Gasteiger partial charge is 0.384 e. The zero-order valence-corrected chi connectivity index (χ0v) is 9.90. The van der Waals surface area contributed by atoms with Crippen molar-refractivity contribution in [1.29, 1.82) is 0 Å². The molecule has 0 spiro atoms. The van der Waals surface area contributed by atoms with Crippen molar-refractivity contribution in [3.05, 3.63) is 18.3 Å². The lowest BCUT2D eigenvalue weighted by Crippen LogP contribution is -2.28. The lowest BCUT2D eigenvalue weighted by atomic mass is 10.1. The molecule has 3 nitrogen and oxygen atoms in total. The monoisotopic (exact) mass is 207 g/mol. The highest BCUT2D eigenvalue weighted by molar-refractivity contribution is 5.47. The maximum absolute atomic E-state index is 5.57. The van der Waals surface area contributed by atoms with Crippen molar-refractivity contribution in [3.63, 3.8) is 0 Å². The SMILES string of the molecule is CCC(C)CN(CC)c1ccc(N)nc1. The topological polar surface area (TPSA) is 42.1 Å². The van der Waals surface area contributed by atoms with Crippen LogP contribution in [0.5, 0.6) is 0 Å². The molecule has 0 radical (unpaired) electrons. The third kappa shape index (κ3) is 3.42. The molecule has 1 aromatic heterocycles. The number of aromatic nitrogens is 1. The molecule has 0 amide bonds. The molecule has 0 aliphatic heterocycles. The number of nitrogens with zero attached hydrogens (tertiary/aromatic N) is 2. The fourth-order valence-corrected chi connectivity index (χ4v) is 1.51. The maximum atomic E-state index is 5.57. The van der Waals surface area contributed by atoms with Crippen LogP contribution in [0.25, 0.3) is 0 Å². The van der Waals surface area contributed by atoms with Crippen LogP contribution in [-0.2, 0) is 0 Å². The second kappa shape index (κ2) is 5.59. The van der Waals surface area contributed by atoms with Crippen molar-refractivity contribution < 1.29 is 0 Å². The van der Waals surface area contributed by atoms with Crippen LogP contribution < -0.4 is 10.6 Å². The highest BCUT2D eigenvalue weighted by atomic mass is 15.1. The summed E-state index contributed by atoms with van der Waals surface area (Å²) in [7, 11) is 0. The van der Waals surface area contributed by atoms with E-state index in [9.17, 15) is 0 Å². The Hall–Kier alpha value is -1.25. The smallest absolute Gasteiger partial charge is 0.123 e. The first-order valence-corrected chi connectivity index (χ1v) is 5.63. The van der Waals surface area contributed by atoms with Gasteiger partial charge >= 0.3 is 0 Å². The van der Waals surface area contributed by atoms with Gasteiger partial charge in [-0.15, -0.1) is 0 Å². The number of anilines is 2. The van der Waals surface area contributed by atoms with Crippen LogP contribution in [0.1, 0.15) is 27.2 Å². The van der Waals surface area contributed by atoms with Crippen molar-refractivity contribution >= 4 is 11.5 Å². The first-order valence-electron chi connectivity index (χ1n) is 5.63. The molecule has 3 heteroatoms. The Labute approximate surface area is 92.3 Å². The maximum Gasteiger partial charge on any atom is 0.123 e. The molecular weight excluding hydrogens is 186 g/mol. The zero-order valence-electron chi connectivity index (χ0n) is 9.90. The van der Waals surface area contributed by atoms with Gasteiger partial charge in [0.05, 0.1) is 11.9 Å². The summed E-state index contributed by atoms with van der Waals surface area (Å²) in [6, 6.07) is 3.89. The molecule has 0 aliphatic carbocycles. The van der Waals surface area contributed by atoms with Crippen molar-refractivity contribution in [1.82, 2.24) is 4.98 Å². The van der Waals surface area contributed by atoms with Crippen molar-refractivity contribution in [2.24, 2.45) is 5.92 Å². The summed E-state index contributed by atoms with van der Waals surface area (Å²) in [5.74, 6) is 1.29. The van der Waals surface area contributed by atoms with E-state index in [2.05, 4.69) is 30.7 Å². The summed E-state index contributed by atoms with van der Waals surface area (Å²) in [5.41, 5.74) is 6.73. The molecular formula is C12H21N3. The minimum atomic E-state index is 0.582. The van der Waals surface area contributed by atoms with Gasteiger partial charge in [-0.3, -0.25) is 0 Å². The number of nitrogen functional groups attached to an aromatic ring is 1. The lowest BCUT2D eigenvalue weighted by molar-refractivity contribution is 0.548. The fourth-order valence-electron chi connectivity index (χ4n) is 1.51. The van der Waals surface area contributed by atoms with Gasteiger partial charge in [0.25, 0.3) is 0 Å². The summed E-state index contributed by atoms with van der Waals surface area (Å²) in [5, 5.41) is 0. The third-order valence-corrected chi connectivity index (χ3v) is 2.75. The summed E-state index contributed by atoms with van der Waals surface area (Å²) in [6.07, 6.45) is 3.06. The Bertz CT molecular complexity index is 281. The van der Waals surface area contributed by atoms with E-state index in [4.69, 9.17) is 5.73 Å². The molecule has 84 valence electrons. The van der Waals surface area contributed by atoms with E-state index < -0.39 is 0 Å². The van der Waals surface area contributed by atoms with Gasteiger partial charge in [0.2, 0.25) is 0 Å². The van der Waals surface area contributed by atoms with Gasteiger partial charge in [0.1, 0.15) is 5.82 Å². The molecule has 0 bridgehead atoms. The standard InChI is InChI=1S/C12H21N3/c1-4-10(3)9-15(5-2)11-6-7-12(13)14-8-11/h6-8,10H,4-5,9H2,1-3H3,(H2,13,14). The van der Waals surface area contributed by atoms with E-state index in [0.717, 1.165) is 18.8 Å². The molecule has 1 atom stereocenters. The van der Waals surface area contributed by atoms with E-state index in [1.54, 1.807) is 0 Å². The van der Waals surface area contributed by atoms with E-state index in [0.29, 0.717) is 11.7 Å². The molecule has 0 saturated heterocycles. The molecule has 0 aliphatic rings. The summed E-state index contributed by atoms with van der Waals surface area (Å²) < 4.78 is 0. The van der Waals surface area contributed by atoms with Crippen LogP contribution in [0.3, 0.4) is 0 Å². The zero-order chi connectivity index (χ0) is 11.3. The van der Waals surface area contributed by atoms with Crippen LogP contribution in [-0.4, -0.2) is 18.1 Å². The van der Waals surface area contributed by atoms with Gasteiger partial charge in [-0.2, -0.15) is 0 Å². The Balaban J connectivity index is 2.69. The van der Waals surface area contributed by atoms with Crippen molar-refractivity contribution in [3.8, 4) is 0 Å². The molecule has 1 heterocycles. The summed E-state index contributed by atoms with van der Waals surface area (Å²) >= 11 is 0. The van der Waals surface area contributed by atoms with Crippen LogP contribution in [0.4, 0.5) is 11.5 Å². The van der Waals surface area contributed by atoms with E-state index in [-0.39, 0.29) is 0 Å². The molecule has 15 heavy (non-hydrogen) atoms. The quantitative estimate of drug-likeness (QED) is 0.806. The first-order chi connectivity index (χ1) is 7.17. The Morgan fingerprint density at radius 1 is 1.40 bits per heavy atom. The molecule has 0 saturated carbocycles. The van der Waals surface area contributed by atoms with Gasteiger partial charge in [-0.1, -0.05) is 20.3 Å². The van der Waals surface area contributed by atoms with Gasteiger partial charge in [0, 0.05) is 13.1 Å². The molecule has 1 rings (SSSR count). The van der Waals surface area contributed by atoms with Crippen LogP contribution in [0, 0.1) is 5.92 Å². The predicted molar refractivity (Wildman–Crippen MR) is 66.0 cm³/mol. The predicted octanol–water partition coefficient (Wildman–Crippen LogP) is 2.54. The second-order valence-electron chi connectivity index (χ2n) is 3.99. The normalized spacial score (nSPS) is 12.5. The highest BCUT2D eigenvalue weighted by Gasteiger charge is 2.08. The number of nitrogens with two attached hydrogens (primary N) is 1. The second-order valence-corrected chi connectivity index (χ2v) is 3.99. The minimum Gasteiger partial charge on any atom is -0.384 e. The van der Waals surface area contributed by atoms with Crippen LogP contribution in [0.15, 0.2) is 18.3 Å². The van der Waals surface area contributed by atoms with Crippen molar-refractivity contribution in [2.45, 2.75) is 27.2 Å². The Kier molecular flexibility index (Phi) is 4.40.